The van der Waals surface area contributed by atoms with Crippen LogP contribution in [0.1, 0.15) is 38.8 Å². The number of para-hydroxylation sites is 1. The zero-order valence-corrected chi connectivity index (χ0v) is 20.4. The smallest absolute Gasteiger partial charge is 0.274 e. The number of nitrogens with zero attached hydrogens (tertiary/aromatic N) is 1. The number of rotatable bonds is 5. The van der Waals surface area contributed by atoms with E-state index in [-0.39, 0.29) is 12.2 Å². The lowest BCUT2D eigenvalue weighted by Crippen LogP contribution is -2.33. The first kappa shape index (κ1) is 23.4. The number of carbonyl (C=O) groups excluding carboxylic acids is 1. The minimum absolute atomic E-state index is 0.168. The molecule has 38 heavy (non-hydrogen) atoms. The van der Waals surface area contributed by atoms with Crippen LogP contribution in [0.15, 0.2) is 108 Å². The summed E-state index contributed by atoms with van der Waals surface area (Å²) in [5.41, 5.74) is 6.29. The standard InChI is InChI=1S/C31H25N3O4/c35-26-15-16-34(33-28-24-10-4-3-9-23(24)19-38-27-12-6-5-11-25(27)28)29(30(26)36)31(37)32-18-20-13-14-21-7-1-2-8-22(21)17-20/h1-17,28,33,36H,18-19H2,(H,32,37). The first-order chi connectivity index (χ1) is 18.6. The normalized spacial score (nSPS) is 14.1. The summed E-state index contributed by atoms with van der Waals surface area (Å²) in [6.45, 7) is 0.634. The molecule has 5 aromatic rings. The van der Waals surface area contributed by atoms with Gasteiger partial charge in [-0.2, -0.15) is 0 Å². The van der Waals surface area contributed by atoms with Gasteiger partial charge < -0.3 is 20.6 Å². The van der Waals surface area contributed by atoms with Crippen molar-refractivity contribution in [2.45, 2.75) is 19.2 Å². The molecule has 7 heteroatoms. The molecule has 0 aliphatic carbocycles. The molecule has 0 saturated carbocycles. The van der Waals surface area contributed by atoms with Crippen molar-refractivity contribution in [3.05, 3.63) is 141 Å². The van der Waals surface area contributed by atoms with Crippen LogP contribution in [-0.4, -0.2) is 15.7 Å². The summed E-state index contributed by atoms with van der Waals surface area (Å²) in [4.78, 5) is 25.8. The highest BCUT2D eigenvalue weighted by molar-refractivity contribution is 5.95. The van der Waals surface area contributed by atoms with Crippen LogP contribution in [0.2, 0.25) is 0 Å². The lowest BCUT2D eigenvalue weighted by Gasteiger charge is -2.25. The molecule has 7 nitrogen and oxygen atoms in total. The van der Waals surface area contributed by atoms with E-state index < -0.39 is 23.1 Å². The van der Waals surface area contributed by atoms with Gasteiger partial charge in [0.25, 0.3) is 5.91 Å². The van der Waals surface area contributed by atoms with Crippen molar-refractivity contribution >= 4 is 16.7 Å². The fraction of sp³-hybridized carbons (Fsp3) is 0.0968. The molecule has 0 bridgehead atoms. The average molecular weight is 504 g/mol. The Hall–Kier alpha value is -5.04. The minimum atomic E-state index is -0.635. The monoisotopic (exact) mass is 503 g/mol. The molecule has 1 aliphatic rings. The first-order valence-corrected chi connectivity index (χ1v) is 12.3. The molecule has 3 N–H and O–H groups in total. The quantitative estimate of drug-likeness (QED) is 0.319. The molecule has 1 atom stereocenters. The molecule has 1 aromatic heterocycles. The van der Waals surface area contributed by atoms with Gasteiger partial charge >= 0.3 is 0 Å². The van der Waals surface area contributed by atoms with E-state index in [1.807, 2.05) is 91.0 Å². The third-order valence-electron chi connectivity index (χ3n) is 6.80. The zero-order valence-electron chi connectivity index (χ0n) is 20.4. The third kappa shape index (κ3) is 4.35. The molecule has 0 fully saturated rings. The number of pyridine rings is 1. The van der Waals surface area contributed by atoms with Gasteiger partial charge in [0.1, 0.15) is 12.4 Å². The summed E-state index contributed by atoms with van der Waals surface area (Å²) >= 11 is 0. The predicted molar refractivity (Wildman–Crippen MR) is 146 cm³/mol. The van der Waals surface area contributed by atoms with Crippen LogP contribution in [0, 0.1) is 0 Å². The van der Waals surface area contributed by atoms with Crippen molar-refractivity contribution in [2.75, 3.05) is 5.43 Å². The summed E-state index contributed by atoms with van der Waals surface area (Å²) in [7, 11) is 0. The number of hydrogen-bond donors (Lipinski definition) is 3. The van der Waals surface area contributed by atoms with Crippen LogP contribution in [0.4, 0.5) is 0 Å². The number of fused-ring (bicyclic) bond motifs is 3. The number of aromatic hydroxyl groups is 1. The maximum absolute atomic E-state index is 13.4. The number of amides is 1. The van der Waals surface area contributed by atoms with Gasteiger partial charge in [-0.1, -0.05) is 78.9 Å². The van der Waals surface area contributed by atoms with E-state index in [1.54, 1.807) is 0 Å². The van der Waals surface area contributed by atoms with Gasteiger partial charge in [0.2, 0.25) is 5.43 Å². The first-order valence-electron chi connectivity index (χ1n) is 12.3. The van der Waals surface area contributed by atoms with Gasteiger partial charge in [0.15, 0.2) is 11.4 Å². The zero-order chi connectivity index (χ0) is 26.1. The van der Waals surface area contributed by atoms with E-state index in [4.69, 9.17) is 4.74 Å². The highest BCUT2D eigenvalue weighted by atomic mass is 16.5. The number of benzene rings is 4. The van der Waals surface area contributed by atoms with Crippen molar-refractivity contribution in [2.24, 2.45) is 0 Å². The Kier molecular flexibility index (Phi) is 6.01. The predicted octanol–water partition coefficient (Wildman–Crippen LogP) is 4.86. The number of aromatic nitrogens is 1. The molecular formula is C31H25N3O4. The Balaban J connectivity index is 1.34. The van der Waals surface area contributed by atoms with E-state index in [0.717, 1.165) is 33.0 Å². The molecule has 1 amide bonds. The summed E-state index contributed by atoms with van der Waals surface area (Å²) in [6, 6.07) is 30.3. The number of nitrogens with one attached hydrogen (secondary N) is 2. The Morgan fingerprint density at radius 1 is 0.895 bits per heavy atom. The molecule has 4 aromatic carbocycles. The Labute approximate surface area is 218 Å². The van der Waals surface area contributed by atoms with Gasteiger partial charge in [0.05, 0.1) is 6.04 Å². The van der Waals surface area contributed by atoms with Gasteiger partial charge in [-0.05, 0) is 39.6 Å². The van der Waals surface area contributed by atoms with Crippen LogP contribution in [-0.2, 0) is 13.2 Å². The second kappa shape index (κ2) is 9.78. The third-order valence-corrected chi connectivity index (χ3v) is 6.80. The van der Waals surface area contributed by atoms with E-state index in [9.17, 15) is 14.7 Å². The van der Waals surface area contributed by atoms with Crippen LogP contribution in [0.3, 0.4) is 0 Å². The van der Waals surface area contributed by atoms with Crippen molar-refractivity contribution in [3.63, 3.8) is 0 Å². The SMILES string of the molecule is O=C(NCc1ccc2ccccc2c1)c1c(O)c(=O)ccn1NC1c2ccccc2COc2ccccc21. The molecule has 188 valence electrons. The van der Waals surface area contributed by atoms with Crippen molar-refractivity contribution in [3.8, 4) is 11.5 Å². The molecule has 2 heterocycles. The lowest BCUT2D eigenvalue weighted by molar-refractivity contribution is 0.0938. The van der Waals surface area contributed by atoms with Gasteiger partial charge in [-0.15, -0.1) is 0 Å². The van der Waals surface area contributed by atoms with Crippen molar-refractivity contribution in [1.29, 1.82) is 0 Å². The average Bonchev–Trinajstić information content (AvgIpc) is 3.11. The second-order valence-corrected chi connectivity index (χ2v) is 9.20. The molecule has 1 unspecified atom stereocenters. The summed E-state index contributed by atoms with van der Waals surface area (Å²) in [5.74, 6) is -0.483. The van der Waals surface area contributed by atoms with E-state index in [1.165, 1.54) is 16.9 Å². The lowest BCUT2D eigenvalue weighted by atomic mass is 9.95. The maximum atomic E-state index is 13.4. The topological polar surface area (TPSA) is 92.6 Å². The summed E-state index contributed by atoms with van der Waals surface area (Å²) in [6.07, 6.45) is 1.46. The van der Waals surface area contributed by atoms with Gasteiger partial charge in [-0.25, -0.2) is 0 Å². The largest absolute Gasteiger partial charge is 0.502 e. The number of hydrogen-bond acceptors (Lipinski definition) is 5. The molecular weight excluding hydrogens is 478 g/mol. The van der Waals surface area contributed by atoms with Crippen LogP contribution in [0.5, 0.6) is 11.5 Å². The van der Waals surface area contributed by atoms with Crippen molar-refractivity contribution < 1.29 is 14.6 Å². The van der Waals surface area contributed by atoms with Crippen LogP contribution < -0.4 is 20.9 Å². The molecule has 0 spiro atoms. The van der Waals surface area contributed by atoms with E-state index >= 15 is 0 Å². The molecule has 0 radical (unpaired) electrons. The summed E-state index contributed by atoms with van der Waals surface area (Å²) in [5, 5.41) is 15.7. The number of ether oxygens (including phenoxy) is 1. The summed E-state index contributed by atoms with van der Waals surface area (Å²) < 4.78 is 7.47. The highest BCUT2D eigenvalue weighted by Gasteiger charge is 2.27. The second-order valence-electron chi connectivity index (χ2n) is 9.20. The van der Waals surface area contributed by atoms with Crippen molar-refractivity contribution in [1.82, 2.24) is 9.99 Å². The Bertz CT molecular complexity index is 1680. The minimum Gasteiger partial charge on any atom is -0.502 e. The molecule has 0 saturated heterocycles. The van der Waals surface area contributed by atoms with E-state index in [2.05, 4.69) is 10.7 Å². The number of carbonyl (C=O) groups is 1. The van der Waals surface area contributed by atoms with Gasteiger partial charge in [0, 0.05) is 24.4 Å². The fourth-order valence-corrected chi connectivity index (χ4v) is 4.86. The maximum Gasteiger partial charge on any atom is 0.274 e. The van der Waals surface area contributed by atoms with Gasteiger partial charge in [-0.3, -0.25) is 14.3 Å². The Morgan fingerprint density at radius 2 is 1.63 bits per heavy atom. The molecule has 6 rings (SSSR count). The Morgan fingerprint density at radius 3 is 2.50 bits per heavy atom. The molecule has 1 aliphatic heterocycles. The highest BCUT2D eigenvalue weighted by Crippen LogP contribution is 2.36. The van der Waals surface area contributed by atoms with E-state index in [0.29, 0.717) is 12.4 Å². The van der Waals surface area contributed by atoms with Crippen LogP contribution >= 0.6 is 0 Å². The van der Waals surface area contributed by atoms with Crippen LogP contribution in [0.25, 0.3) is 10.8 Å². The fourth-order valence-electron chi connectivity index (χ4n) is 4.86.